The maximum atomic E-state index is 14.2. The highest BCUT2D eigenvalue weighted by Crippen LogP contribution is 2.39. The van der Waals surface area contributed by atoms with E-state index in [1.54, 1.807) is 18.5 Å². The third kappa shape index (κ3) is 3.27. The normalized spacial score (nSPS) is 22.4. The van der Waals surface area contributed by atoms with Gasteiger partial charge < -0.3 is 10.0 Å². The van der Waals surface area contributed by atoms with Crippen molar-refractivity contribution in [1.29, 1.82) is 0 Å². The lowest BCUT2D eigenvalue weighted by Gasteiger charge is -2.39. The lowest BCUT2D eigenvalue weighted by atomic mass is 9.77. The van der Waals surface area contributed by atoms with Gasteiger partial charge in [0, 0.05) is 25.5 Å². The van der Waals surface area contributed by atoms with Crippen molar-refractivity contribution in [3.05, 3.63) is 60.2 Å². The smallest absolute Gasteiger partial charge is 0.407 e. The molecule has 1 aliphatic heterocycles. The molecule has 4 rings (SSSR count). The first-order chi connectivity index (χ1) is 12.1. The summed E-state index contributed by atoms with van der Waals surface area (Å²) in [4.78, 5) is 16.7. The number of hydrogen-bond acceptors (Lipinski definition) is 2. The summed E-state index contributed by atoms with van der Waals surface area (Å²) in [5, 5.41) is 9.23. The highest BCUT2D eigenvalue weighted by molar-refractivity contribution is 5.74. The molecule has 2 heterocycles. The van der Waals surface area contributed by atoms with E-state index in [-0.39, 0.29) is 11.7 Å². The quantitative estimate of drug-likeness (QED) is 0.889. The predicted molar refractivity (Wildman–Crippen MR) is 93.4 cm³/mol. The number of pyridine rings is 1. The van der Waals surface area contributed by atoms with Crippen LogP contribution in [0.4, 0.5) is 9.18 Å². The van der Waals surface area contributed by atoms with Crippen molar-refractivity contribution in [2.24, 2.45) is 11.8 Å². The maximum absolute atomic E-state index is 14.2. The van der Waals surface area contributed by atoms with Gasteiger partial charge in [-0.3, -0.25) is 4.98 Å². The molecule has 128 valence electrons. The fourth-order valence-electron chi connectivity index (χ4n) is 4.04. The minimum absolute atomic E-state index is 0.214. The number of hydrogen-bond donors (Lipinski definition) is 1. The number of carboxylic acid groups (broad SMARTS) is 1. The molecule has 2 aliphatic rings. The molecule has 0 radical (unpaired) electrons. The summed E-state index contributed by atoms with van der Waals surface area (Å²) in [6.45, 7) is 1.09. The number of aromatic nitrogens is 1. The number of rotatable bonds is 2. The number of piperidine rings is 1. The zero-order valence-electron chi connectivity index (χ0n) is 13.7. The number of carbonyl (C=O) groups is 1. The second-order valence-electron chi connectivity index (χ2n) is 6.91. The molecular formula is C20H19FN2O2. The van der Waals surface area contributed by atoms with Gasteiger partial charge in [-0.25, -0.2) is 9.18 Å². The molecule has 1 aromatic heterocycles. The van der Waals surface area contributed by atoms with Crippen LogP contribution in [0.25, 0.3) is 16.7 Å². The topological polar surface area (TPSA) is 53.4 Å². The second-order valence-corrected chi connectivity index (χ2v) is 6.91. The zero-order chi connectivity index (χ0) is 17.4. The van der Waals surface area contributed by atoms with E-state index >= 15 is 0 Å². The highest BCUT2D eigenvalue weighted by Gasteiger charge is 2.33. The van der Waals surface area contributed by atoms with Crippen LogP contribution in [0.1, 0.15) is 18.4 Å². The first kappa shape index (κ1) is 15.8. The molecule has 2 atom stereocenters. The standard InChI is InChI=1S/C20H19FN2O2/c21-19-9-17(15-1-3-22-4-2-15)8-18(10-19)16-6-13-5-14(7-16)12-23(11-13)20(24)25/h1-4,6,8-10,13-14H,5,7,11-12H2,(H,24,25). The van der Waals surface area contributed by atoms with E-state index in [1.807, 2.05) is 18.2 Å². The van der Waals surface area contributed by atoms with Gasteiger partial charge in [0.25, 0.3) is 0 Å². The monoisotopic (exact) mass is 338 g/mol. The van der Waals surface area contributed by atoms with Crippen LogP contribution in [0.15, 0.2) is 48.8 Å². The van der Waals surface area contributed by atoms with Crippen LogP contribution in [-0.4, -0.2) is 34.2 Å². The van der Waals surface area contributed by atoms with Crippen molar-refractivity contribution in [2.75, 3.05) is 13.1 Å². The molecule has 1 amide bonds. The third-order valence-corrected chi connectivity index (χ3v) is 5.07. The molecule has 1 saturated heterocycles. The van der Waals surface area contributed by atoms with Gasteiger partial charge in [0.2, 0.25) is 0 Å². The van der Waals surface area contributed by atoms with E-state index in [0.29, 0.717) is 19.0 Å². The molecule has 1 fully saturated rings. The van der Waals surface area contributed by atoms with Gasteiger partial charge in [0.15, 0.2) is 0 Å². The first-order valence-electron chi connectivity index (χ1n) is 8.48. The zero-order valence-corrected chi connectivity index (χ0v) is 13.7. The Morgan fingerprint density at radius 2 is 1.88 bits per heavy atom. The molecule has 1 N–H and O–H groups in total. The van der Waals surface area contributed by atoms with Crippen molar-refractivity contribution in [2.45, 2.75) is 12.8 Å². The van der Waals surface area contributed by atoms with E-state index < -0.39 is 6.09 Å². The molecule has 4 nitrogen and oxygen atoms in total. The number of fused-ring (bicyclic) bond motifs is 2. The molecule has 0 saturated carbocycles. The Hall–Kier alpha value is -2.69. The molecule has 2 aromatic rings. The van der Waals surface area contributed by atoms with E-state index in [9.17, 15) is 14.3 Å². The molecule has 25 heavy (non-hydrogen) atoms. The maximum Gasteiger partial charge on any atom is 0.407 e. The van der Waals surface area contributed by atoms with Crippen molar-refractivity contribution < 1.29 is 14.3 Å². The summed E-state index contributed by atoms with van der Waals surface area (Å²) in [6, 6.07) is 8.86. The Labute approximate surface area is 145 Å². The molecule has 5 heteroatoms. The molecule has 2 unspecified atom stereocenters. The van der Waals surface area contributed by atoms with Crippen LogP contribution in [0, 0.1) is 17.7 Å². The van der Waals surface area contributed by atoms with Gasteiger partial charge in [0.1, 0.15) is 5.82 Å². The second kappa shape index (κ2) is 6.31. The summed E-state index contributed by atoms with van der Waals surface area (Å²) in [6.07, 6.45) is 6.49. The number of halogens is 1. The lowest BCUT2D eigenvalue weighted by molar-refractivity contribution is 0.106. The van der Waals surface area contributed by atoms with Crippen molar-refractivity contribution >= 4 is 11.7 Å². The van der Waals surface area contributed by atoms with E-state index in [4.69, 9.17) is 0 Å². The first-order valence-corrected chi connectivity index (χ1v) is 8.48. The molecular weight excluding hydrogens is 319 g/mol. The van der Waals surface area contributed by atoms with Crippen LogP contribution in [0.3, 0.4) is 0 Å². The summed E-state index contributed by atoms with van der Waals surface area (Å²) < 4.78 is 14.2. The lowest BCUT2D eigenvalue weighted by Crippen LogP contribution is -2.44. The Kier molecular flexibility index (Phi) is 3.99. The van der Waals surface area contributed by atoms with Crippen LogP contribution in [0.5, 0.6) is 0 Å². The average Bonchev–Trinajstić information content (AvgIpc) is 2.61. The number of amides is 1. The fraction of sp³-hybridized carbons (Fsp3) is 0.300. The van der Waals surface area contributed by atoms with Gasteiger partial charge in [-0.1, -0.05) is 6.08 Å². The van der Waals surface area contributed by atoms with Crippen LogP contribution in [-0.2, 0) is 0 Å². The number of benzene rings is 1. The average molecular weight is 338 g/mol. The SMILES string of the molecule is O=C(O)N1CC2C=C(c3cc(F)cc(-c4ccncc4)c3)CC(C2)C1. The largest absolute Gasteiger partial charge is 0.465 e. The Bertz CT molecular complexity index is 835. The minimum Gasteiger partial charge on any atom is -0.465 e. The van der Waals surface area contributed by atoms with E-state index in [2.05, 4.69) is 11.1 Å². The van der Waals surface area contributed by atoms with Crippen LogP contribution in [0.2, 0.25) is 0 Å². The Morgan fingerprint density at radius 3 is 2.60 bits per heavy atom. The number of likely N-dealkylation sites (tertiary alicyclic amines) is 1. The molecule has 2 bridgehead atoms. The minimum atomic E-state index is -0.850. The van der Waals surface area contributed by atoms with Gasteiger partial charge in [-0.15, -0.1) is 0 Å². The highest BCUT2D eigenvalue weighted by atomic mass is 19.1. The van der Waals surface area contributed by atoms with Crippen LogP contribution >= 0.6 is 0 Å². The molecule has 0 spiro atoms. The summed E-state index contributed by atoms with van der Waals surface area (Å²) >= 11 is 0. The number of allylic oxidation sites excluding steroid dienone is 1. The summed E-state index contributed by atoms with van der Waals surface area (Å²) in [7, 11) is 0. The Balaban J connectivity index is 1.67. The summed E-state index contributed by atoms with van der Waals surface area (Å²) in [5.74, 6) is 0.266. The van der Waals surface area contributed by atoms with Crippen LogP contribution < -0.4 is 0 Å². The van der Waals surface area contributed by atoms with Crippen molar-refractivity contribution in [3.8, 4) is 11.1 Å². The number of nitrogens with zero attached hydrogens (tertiary/aromatic N) is 2. The van der Waals surface area contributed by atoms with Crippen molar-refractivity contribution in [3.63, 3.8) is 0 Å². The summed E-state index contributed by atoms with van der Waals surface area (Å²) in [5.41, 5.74) is 3.79. The fourth-order valence-corrected chi connectivity index (χ4v) is 4.04. The van der Waals surface area contributed by atoms with Gasteiger partial charge in [0.05, 0.1) is 0 Å². The van der Waals surface area contributed by atoms with E-state index in [1.165, 1.54) is 11.0 Å². The molecule has 1 aromatic carbocycles. The van der Waals surface area contributed by atoms with Gasteiger partial charge in [-0.05, 0) is 77.3 Å². The third-order valence-electron chi connectivity index (χ3n) is 5.07. The van der Waals surface area contributed by atoms with Gasteiger partial charge in [-0.2, -0.15) is 0 Å². The predicted octanol–water partition coefficient (Wildman–Crippen LogP) is 4.29. The van der Waals surface area contributed by atoms with Crippen molar-refractivity contribution in [1.82, 2.24) is 9.88 Å². The Morgan fingerprint density at radius 1 is 1.12 bits per heavy atom. The van der Waals surface area contributed by atoms with E-state index in [0.717, 1.165) is 35.1 Å². The van der Waals surface area contributed by atoms with Gasteiger partial charge >= 0.3 is 6.09 Å². The molecule has 1 aliphatic carbocycles.